The lowest BCUT2D eigenvalue weighted by atomic mass is 10.00. The van der Waals surface area contributed by atoms with Crippen LogP contribution in [0.15, 0.2) is 47.0 Å². The molecule has 2 bridgehead atoms. The molecule has 4 rings (SSSR count). The van der Waals surface area contributed by atoms with Crippen LogP contribution in [-0.4, -0.2) is 17.2 Å². The van der Waals surface area contributed by atoms with Crippen LogP contribution >= 0.6 is 0 Å². The Morgan fingerprint density at radius 3 is 2.95 bits per heavy atom. The van der Waals surface area contributed by atoms with E-state index in [9.17, 15) is 0 Å². The molecule has 19 heavy (non-hydrogen) atoms. The lowest BCUT2D eigenvalue weighted by Gasteiger charge is -2.20. The van der Waals surface area contributed by atoms with E-state index < -0.39 is 0 Å². The molecule has 1 saturated heterocycles. The van der Waals surface area contributed by atoms with E-state index in [2.05, 4.69) is 22.6 Å². The predicted molar refractivity (Wildman–Crippen MR) is 74.5 cm³/mol. The lowest BCUT2D eigenvalue weighted by Crippen LogP contribution is -2.33. The van der Waals surface area contributed by atoms with E-state index in [-0.39, 0.29) is 0 Å². The second-order valence-electron chi connectivity index (χ2n) is 5.33. The Balaban J connectivity index is 1.67. The van der Waals surface area contributed by atoms with E-state index in [1.54, 1.807) is 0 Å². The zero-order valence-electron chi connectivity index (χ0n) is 10.7. The molecular weight excluding hydrogens is 236 g/mol. The van der Waals surface area contributed by atoms with Crippen LogP contribution in [0.3, 0.4) is 0 Å². The van der Waals surface area contributed by atoms with Crippen LogP contribution in [0.25, 0.3) is 16.9 Å². The highest BCUT2D eigenvalue weighted by Gasteiger charge is 2.31. The molecule has 2 aliphatic rings. The Bertz CT molecular complexity index is 615. The van der Waals surface area contributed by atoms with Gasteiger partial charge < -0.3 is 9.84 Å². The lowest BCUT2D eigenvalue weighted by molar-refractivity contribution is 0.428. The molecule has 3 heteroatoms. The summed E-state index contributed by atoms with van der Waals surface area (Å²) in [6.45, 7) is 0. The first kappa shape index (κ1) is 11.0. The van der Waals surface area contributed by atoms with Crippen molar-refractivity contribution >= 4 is 5.57 Å². The van der Waals surface area contributed by atoms with Gasteiger partial charge in [-0.15, -0.1) is 0 Å². The number of hydrogen-bond donors (Lipinski definition) is 1. The first-order valence-corrected chi connectivity index (χ1v) is 6.89. The second kappa shape index (κ2) is 4.35. The zero-order valence-corrected chi connectivity index (χ0v) is 10.7. The third-order valence-electron chi connectivity index (χ3n) is 4.10. The molecule has 0 aliphatic carbocycles. The fraction of sp³-hybridized carbons (Fsp3) is 0.312. The molecule has 2 aliphatic heterocycles. The summed E-state index contributed by atoms with van der Waals surface area (Å²) in [5, 5.41) is 7.89. The van der Waals surface area contributed by atoms with Gasteiger partial charge in [0.15, 0.2) is 5.76 Å². The van der Waals surface area contributed by atoms with Crippen molar-refractivity contribution in [2.24, 2.45) is 0 Å². The molecule has 3 heterocycles. The molecule has 3 nitrogen and oxygen atoms in total. The minimum atomic E-state index is 0.465. The third kappa shape index (κ3) is 1.90. The van der Waals surface area contributed by atoms with Crippen molar-refractivity contribution in [3.05, 3.63) is 48.2 Å². The Hall–Kier alpha value is -1.87. The highest BCUT2D eigenvalue weighted by molar-refractivity contribution is 5.71. The molecule has 96 valence electrons. The van der Waals surface area contributed by atoms with Crippen molar-refractivity contribution in [1.29, 1.82) is 0 Å². The molecular formula is C16H16N2O. The molecule has 0 amide bonds. The molecule has 0 radical (unpaired) electrons. The van der Waals surface area contributed by atoms with Gasteiger partial charge in [0.1, 0.15) is 5.69 Å². The predicted octanol–water partition coefficient (Wildman–Crippen LogP) is 3.25. The first-order valence-electron chi connectivity index (χ1n) is 6.89. The van der Waals surface area contributed by atoms with E-state index in [4.69, 9.17) is 4.52 Å². The quantitative estimate of drug-likeness (QED) is 0.891. The zero-order chi connectivity index (χ0) is 12.7. The van der Waals surface area contributed by atoms with Crippen molar-refractivity contribution in [1.82, 2.24) is 10.5 Å². The summed E-state index contributed by atoms with van der Waals surface area (Å²) in [4.78, 5) is 0. The van der Waals surface area contributed by atoms with Gasteiger partial charge in [-0.05, 0) is 24.8 Å². The summed E-state index contributed by atoms with van der Waals surface area (Å²) in [6, 6.07) is 13.3. The van der Waals surface area contributed by atoms with Gasteiger partial charge in [0, 0.05) is 23.7 Å². The number of aromatic nitrogens is 1. The number of rotatable bonds is 2. The van der Waals surface area contributed by atoms with Crippen molar-refractivity contribution in [2.75, 3.05) is 0 Å². The molecule has 0 saturated carbocycles. The Morgan fingerprint density at radius 1 is 1.16 bits per heavy atom. The van der Waals surface area contributed by atoms with Gasteiger partial charge in [-0.25, -0.2) is 0 Å². The third-order valence-corrected chi connectivity index (χ3v) is 4.10. The Labute approximate surface area is 112 Å². The van der Waals surface area contributed by atoms with Crippen molar-refractivity contribution in [2.45, 2.75) is 31.3 Å². The number of benzene rings is 1. The number of fused-ring (bicyclic) bond motifs is 2. The van der Waals surface area contributed by atoms with Crippen LogP contribution in [0.1, 0.15) is 25.0 Å². The van der Waals surface area contributed by atoms with Gasteiger partial charge >= 0.3 is 0 Å². The number of hydrogen-bond acceptors (Lipinski definition) is 3. The Kier molecular flexibility index (Phi) is 2.52. The fourth-order valence-corrected chi connectivity index (χ4v) is 3.09. The molecule has 1 aromatic heterocycles. The van der Waals surface area contributed by atoms with Crippen LogP contribution in [-0.2, 0) is 0 Å². The minimum absolute atomic E-state index is 0.465. The van der Waals surface area contributed by atoms with Crippen molar-refractivity contribution in [3.63, 3.8) is 0 Å². The highest BCUT2D eigenvalue weighted by Crippen LogP contribution is 2.33. The smallest absolute Gasteiger partial charge is 0.167 e. The molecule has 2 atom stereocenters. The number of nitrogens with one attached hydrogen (secondary N) is 1. The Morgan fingerprint density at radius 2 is 2.05 bits per heavy atom. The maximum atomic E-state index is 5.49. The van der Waals surface area contributed by atoms with Crippen LogP contribution in [0.4, 0.5) is 0 Å². The summed E-state index contributed by atoms with van der Waals surface area (Å²) < 4.78 is 5.49. The van der Waals surface area contributed by atoms with Gasteiger partial charge in [0.05, 0.1) is 0 Å². The molecule has 1 fully saturated rings. The van der Waals surface area contributed by atoms with E-state index in [1.807, 2.05) is 30.3 Å². The maximum absolute atomic E-state index is 5.49. The summed E-state index contributed by atoms with van der Waals surface area (Å²) in [7, 11) is 0. The van der Waals surface area contributed by atoms with Gasteiger partial charge in [0.2, 0.25) is 0 Å². The van der Waals surface area contributed by atoms with E-state index in [1.165, 1.54) is 18.4 Å². The van der Waals surface area contributed by atoms with Crippen LogP contribution < -0.4 is 5.32 Å². The maximum Gasteiger partial charge on any atom is 0.167 e. The summed E-state index contributed by atoms with van der Waals surface area (Å²) in [5.74, 6) is 0.844. The van der Waals surface area contributed by atoms with Gasteiger partial charge in [-0.3, -0.25) is 0 Å². The van der Waals surface area contributed by atoms with Crippen LogP contribution in [0.5, 0.6) is 0 Å². The van der Waals surface area contributed by atoms with Crippen molar-refractivity contribution < 1.29 is 4.52 Å². The van der Waals surface area contributed by atoms with E-state index in [0.29, 0.717) is 12.1 Å². The summed E-state index contributed by atoms with van der Waals surface area (Å²) in [5.41, 5.74) is 3.37. The SMILES string of the molecule is C1=C(c2cc(-c3ccccc3)on2)C2CCC(C1)N2. The number of nitrogens with zero attached hydrogens (tertiary/aromatic N) is 1. The van der Waals surface area contributed by atoms with Gasteiger partial charge in [-0.2, -0.15) is 0 Å². The van der Waals surface area contributed by atoms with Gasteiger partial charge in [0.25, 0.3) is 0 Å². The monoisotopic (exact) mass is 252 g/mol. The highest BCUT2D eigenvalue weighted by atomic mass is 16.5. The molecule has 2 unspecified atom stereocenters. The molecule has 1 aromatic carbocycles. The molecule has 0 spiro atoms. The van der Waals surface area contributed by atoms with E-state index in [0.717, 1.165) is 23.4 Å². The minimum Gasteiger partial charge on any atom is -0.356 e. The second-order valence-corrected chi connectivity index (χ2v) is 5.33. The standard InChI is InChI=1S/C16H16N2O/c1-2-4-11(5-3-1)16-10-15(18-19-16)13-8-6-12-7-9-14(13)17-12/h1-5,8,10,12,14,17H,6-7,9H2. The molecule has 1 N–H and O–H groups in total. The normalized spacial score (nSPS) is 25.4. The van der Waals surface area contributed by atoms with Crippen LogP contribution in [0, 0.1) is 0 Å². The van der Waals surface area contributed by atoms with E-state index >= 15 is 0 Å². The summed E-state index contributed by atoms with van der Waals surface area (Å²) in [6.07, 6.45) is 5.92. The topological polar surface area (TPSA) is 38.1 Å². The average Bonchev–Trinajstić information content (AvgIpc) is 3.09. The van der Waals surface area contributed by atoms with Crippen molar-refractivity contribution in [3.8, 4) is 11.3 Å². The van der Waals surface area contributed by atoms with Gasteiger partial charge in [-0.1, -0.05) is 41.6 Å². The largest absolute Gasteiger partial charge is 0.356 e. The average molecular weight is 252 g/mol. The summed E-state index contributed by atoms with van der Waals surface area (Å²) >= 11 is 0. The first-order chi connectivity index (χ1) is 9.40. The van der Waals surface area contributed by atoms with Crippen LogP contribution in [0.2, 0.25) is 0 Å². The molecule has 2 aromatic rings. The fourth-order valence-electron chi connectivity index (χ4n) is 3.09.